The van der Waals surface area contributed by atoms with E-state index >= 15 is 0 Å². The molecule has 0 aromatic heterocycles. The van der Waals surface area contributed by atoms with E-state index in [4.69, 9.17) is 27.8 Å². The van der Waals surface area contributed by atoms with Crippen molar-refractivity contribution in [3.8, 4) is 0 Å². The van der Waals surface area contributed by atoms with E-state index in [-0.39, 0.29) is 12.2 Å². The minimum atomic E-state index is -3.55. The lowest BCUT2D eigenvalue weighted by Gasteiger charge is -2.36. The molecule has 7 nitrogen and oxygen atoms in total. The average Bonchev–Trinajstić information content (AvgIpc) is 2.81. The van der Waals surface area contributed by atoms with Gasteiger partial charge in [0.15, 0.2) is 12.1 Å². The SMILES string of the molecule is COP1(=O)O[C@@H]2[C@H]3OC(C)(C)O[C@H]3O[C@@H]2[C@@H](CI)O1. The van der Waals surface area contributed by atoms with E-state index in [0.29, 0.717) is 4.43 Å². The van der Waals surface area contributed by atoms with Gasteiger partial charge in [0.1, 0.15) is 24.4 Å². The summed E-state index contributed by atoms with van der Waals surface area (Å²) in [4.78, 5) is 0. The van der Waals surface area contributed by atoms with Gasteiger partial charge >= 0.3 is 7.82 Å². The second-order valence-corrected chi connectivity index (χ2v) is 7.63. The molecule has 6 atom stereocenters. The molecule has 0 aromatic carbocycles. The summed E-state index contributed by atoms with van der Waals surface area (Å²) >= 11 is 2.15. The van der Waals surface area contributed by atoms with Crippen molar-refractivity contribution >= 4 is 30.4 Å². The summed E-state index contributed by atoms with van der Waals surface area (Å²) in [6.07, 6.45) is -2.18. The summed E-state index contributed by atoms with van der Waals surface area (Å²) < 4.78 is 45.8. The Morgan fingerprint density at radius 2 is 1.95 bits per heavy atom. The molecule has 0 amide bonds. The highest BCUT2D eigenvalue weighted by Crippen LogP contribution is 2.58. The first-order valence-electron chi connectivity index (χ1n) is 5.97. The van der Waals surface area contributed by atoms with E-state index in [9.17, 15) is 4.57 Å². The van der Waals surface area contributed by atoms with E-state index in [2.05, 4.69) is 22.6 Å². The molecule has 0 spiro atoms. The van der Waals surface area contributed by atoms with Crippen LogP contribution in [0.5, 0.6) is 0 Å². The normalized spacial score (nSPS) is 51.9. The summed E-state index contributed by atoms with van der Waals surface area (Å²) in [5.41, 5.74) is 0. The maximum atomic E-state index is 12.2. The summed E-state index contributed by atoms with van der Waals surface area (Å²) in [5.74, 6) is -0.737. The first-order valence-corrected chi connectivity index (χ1v) is 8.96. The molecule has 110 valence electrons. The highest BCUT2D eigenvalue weighted by Gasteiger charge is 2.62. The Balaban J connectivity index is 1.85. The van der Waals surface area contributed by atoms with Crippen LogP contribution in [0.1, 0.15) is 13.8 Å². The highest BCUT2D eigenvalue weighted by molar-refractivity contribution is 14.1. The Kier molecular flexibility index (Phi) is 3.76. The Morgan fingerprint density at radius 3 is 2.58 bits per heavy atom. The van der Waals surface area contributed by atoms with Crippen molar-refractivity contribution in [1.82, 2.24) is 0 Å². The number of ether oxygens (including phenoxy) is 3. The topological polar surface area (TPSA) is 72.5 Å². The van der Waals surface area contributed by atoms with Gasteiger partial charge in [-0.05, 0) is 13.8 Å². The molecule has 3 saturated heterocycles. The van der Waals surface area contributed by atoms with Crippen molar-refractivity contribution in [1.29, 1.82) is 0 Å². The van der Waals surface area contributed by atoms with Gasteiger partial charge in [-0.2, -0.15) is 0 Å². The molecular formula is C10H16IO7P. The Bertz CT molecular complexity index is 417. The molecule has 9 heteroatoms. The summed E-state index contributed by atoms with van der Waals surface area (Å²) in [7, 11) is -2.25. The molecule has 0 aromatic rings. The standard InChI is InChI=1S/C10H16IO7P/c1-10(2)15-8-7-6(14-9(8)16-10)5(4-11)17-19(12,13-3)18-7/h5-9H,4H2,1-3H3/t5-,6-,7+,8-,9-,19?/m1/s1. The molecule has 3 heterocycles. The van der Waals surface area contributed by atoms with E-state index in [1.165, 1.54) is 7.11 Å². The number of phosphoric ester groups is 1. The summed E-state index contributed by atoms with van der Waals surface area (Å²) in [5, 5.41) is 0. The molecule has 3 aliphatic rings. The van der Waals surface area contributed by atoms with Gasteiger partial charge in [-0.1, -0.05) is 22.6 Å². The van der Waals surface area contributed by atoms with Crippen LogP contribution in [0.25, 0.3) is 0 Å². The van der Waals surface area contributed by atoms with E-state index < -0.39 is 32.1 Å². The Hall–Kier alpha value is 0.720. The highest BCUT2D eigenvalue weighted by atomic mass is 127. The molecule has 0 saturated carbocycles. The number of alkyl halides is 1. The number of phosphoric acid groups is 1. The number of fused-ring (bicyclic) bond motifs is 3. The maximum Gasteiger partial charge on any atom is 0.475 e. The third-order valence-electron chi connectivity index (χ3n) is 3.28. The van der Waals surface area contributed by atoms with Gasteiger partial charge in [0, 0.05) is 11.5 Å². The largest absolute Gasteiger partial charge is 0.475 e. The van der Waals surface area contributed by atoms with Crippen molar-refractivity contribution in [3.63, 3.8) is 0 Å². The van der Waals surface area contributed by atoms with Gasteiger partial charge in [0.25, 0.3) is 0 Å². The molecule has 19 heavy (non-hydrogen) atoms. The fourth-order valence-electron chi connectivity index (χ4n) is 2.53. The van der Waals surface area contributed by atoms with E-state index in [1.54, 1.807) is 13.8 Å². The van der Waals surface area contributed by atoms with Crippen molar-refractivity contribution < 1.29 is 32.3 Å². The van der Waals surface area contributed by atoms with Gasteiger partial charge in [-0.15, -0.1) is 0 Å². The first-order chi connectivity index (χ1) is 8.87. The van der Waals surface area contributed by atoms with Crippen LogP contribution in [-0.4, -0.2) is 48.0 Å². The van der Waals surface area contributed by atoms with Crippen molar-refractivity contribution in [3.05, 3.63) is 0 Å². The van der Waals surface area contributed by atoms with Crippen molar-refractivity contribution in [2.24, 2.45) is 0 Å². The third kappa shape index (κ3) is 2.50. The van der Waals surface area contributed by atoms with Crippen LogP contribution in [0.15, 0.2) is 0 Å². The third-order valence-corrected chi connectivity index (χ3v) is 5.63. The van der Waals surface area contributed by atoms with Crippen molar-refractivity contribution in [2.75, 3.05) is 11.5 Å². The average molecular weight is 406 g/mol. The zero-order valence-corrected chi connectivity index (χ0v) is 13.8. The van der Waals surface area contributed by atoms with Crippen LogP contribution in [0.2, 0.25) is 0 Å². The number of halogens is 1. The lowest BCUT2D eigenvalue weighted by atomic mass is 10.1. The molecule has 3 aliphatic heterocycles. The zero-order chi connectivity index (χ0) is 13.8. The van der Waals surface area contributed by atoms with E-state index in [1.807, 2.05) is 0 Å². The number of hydrogen-bond acceptors (Lipinski definition) is 7. The molecule has 3 rings (SSSR count). The summed E-state index contributed by atoms with van der Waals surface area (Å²) in [6.45, 7) is 3.60. The van der Waals surface area contributed by atoms with Crippen LogP contribution in [-0.2, 0) is 32.3 Å². The zero-order valence-electron chi connectivity index (χ0n) is 10.8. The fourth-order valence-corrected chi connectivity index (χ4v) is 4.78. The van der Waals surface area contributed by atoms with Gasteiger partial charge < -0.3 is 14.2 Å². The molecular weight excluding hydrogens is 390 g/mol. The molecule has 3 fully saturated rings. The lowest BCUT2D eigenvalue weighted by molar-refractivity contribution is -0.228. The molecule has 0 bridgehead atoms. The lowest BCUT2D eigenvalue weighted by Crippen LogP contribution is -2.47. The molecule has 1 unspecified atom stereocenters. The molecule has 0 aliphatic carbocycles. The Labute approximate surface area is 124 Å². The van der Waals surface area contributed by atoms with Gasteiger partial charge in [0.05, 0.1) is 0 Å². The molecule has 0 N–H and O–H groups in total. The predicted octanol–water partition coefficient (Wildman–Crippen LogP) is 1.84. The molecule has 0 radical (unpaired) electrons. The second kappa shape index (κ2) is 4.88. The monoisotopic (exact) mass is 406 g/mol. The van der Waals surface area contributed by atoms with Crippen LogP contribution in [0.3, 0.4) is 0 Å². The number of rotatable bonds is 2. The number of hydrogen-bond donors (Lipinski definition) is 0. The quantitative estimate of drug-likeness (QED) is 0.394. The van der Waals surface area contributed by atoms with Gasteiger partial charge in [-0.25, -0.2) is 4.57 Å². The first kappa shape index (κ1) is 14.6. The van der Waals surface area contributed by atoms with Gasteiger partial charge in [0.2, 0.25) is 0 Å². The van der Waals surface area contributed by atoms with Crippen LogP contribution >= 0.6 is 30.4 Å². The van der Waals surface area contributed by atoms with Crippen LogP contribution in [0.4, 0.5) is 0 Å². The fraction of sp³-hybridized carbons (Fsp3) is 1.00. The van der Waals surface area contributed by atoms with Crippen molar-refractivity contribution in [2.45, 2.75) is 50.3 Å². The smallest absolute Gasteiger partial charge is 0.341 e. The predicted molar refractivity (Wildman–Crippen MR) is 71.9 cm³/mol. The van der Waals surface area contributed by atoms with E-state index in [0.717, 1.165) is 0 Å². The Morgan fingerprint density at radius 1 is 1.21 bits per heavy atom. The van der Waals surface area contributed by atoms with Gasteiger partial charge in [-0.3, -0.25) is 13.6 Å². The summed E-state index contributed by atoms with van der Waals surface area (Å²) in [6, 6.07) is 0. The van der Waals surface area contributed by atoms with Crippen LogP contribution in [0, 0.1) is 0 Å². The second-order valence-electron chi connectivity index (χ2n) is 5.07. The minimum Gasteiger partial charge on any atom is -0.341 e. The maximum absolute atomic E-state index is 12.2. The minimum absolute atomic E-state index is 0.361. The van der Waals surface area contributed by atoms with Crippen LogP contribution < -0.4 is 0 Å².